The summed E-state index contributed by atoms with van der Waals surface area (Å²) in [5, 5.41) is 8.01. The number of nitrogens with zero attached hydrogens (tertiary/aromatic N) is 5. The van der Waals surface area contributed by atoms with E-state index in [-0.39, 0.29) is 0 Å². The number of nitrogens with one attached hydrogen (secondary N) is 1. The van der Waals surface area contributed by atoms with Crippen molar-refractivity contribution in [3.63, 3.8) is 0 Å². The molecule has 1 saturated carbocycles. The van der Waals surface area contributed by atoms with Crippen LogP contribution in [0.5, 0.6) is 0 Å². The first-order valence-corrected chi connectivity index (χ1v) is 8.32. The average Bonchev–Trinajstić information content (AvgIpc) is 3.20. The number of pyridine rings is 1. The van der Waals surface area contributed by atoms with Crippen molar-refractivity contribution in [3.05, 3.63) is 49.2 Å². The van der Waals surface area contributed by atoms with E-state index in [9.17, 15) is 0 Å². The third kappa shape index (κ3) is 2.22. The molecule has 4 heterocycles. The molecule has 0 aliphatic heterocycles. The van der Waals surface area contributed by atoms with E-state index in [2.05, 4.69) is 45.6 Å². The second-order valence-electron chi connectivity index (χ2n) is 6.52. The van der Waals surface area contributed by atoms with Gasteiger partial charge < -0.3 is 9.72 Å². The van der Waals surface area contributed by atoms with Crippen molar-refractivity contribution in [1.29, 1.82) is 0 Å². The molecule has 0 aromatic carbocycles. The van der Waals surface area contributed by atoms with Crippen LogP contribution in [0.3, 0.4) is 0 Å². The highest BCUT2D eigenvalue weighted by atomic mass is 15.3. The fourth-order valence-corrected chi connectivity index (χ4v) is 3.21. The Kier molecular flexibility index (Phi) is 2.85. The molecule has 6 nitrogen and oxygen atoms in total. The van der Waals surface area contributed by atoms with Gasteiger partial charge in [0.2, 0.25) is 5.95 Å². The lowest BCUT2D eigenvalue weighted by atomic mass is 10.1. The Labute approximate surface area is 139 Å². The Morgan fingerprint density at radius 2 is 2.08 bits per heavy atom. The summed E-state index contributed by atoms with van der Waals surface area (Å²) in [6.07, 6.45) is 12.3. The van der Waals surface area contributed by atoms with Gasteiger partial charge in [0.15, 0.2) is 0 Å². The van der Waals surface area contributed by atoms with Crippen LogP contribution in [-0.4, -0.2) is 30.0 Å². The second-order valence-corrected chi connectivity index (χ2v) is 6.52. The van der Waals surface area contributed by atoms with Gasteiger partial charge in [0.25, 0.3) is 0 Å². The maximum atomic E-state index is 4.60. The van der Waals surface area contributed by atoms with E-state index in [0.29, 0.717) is 12.0 Å². The van der Waals surface area contributed by atoms with E-state index in [1.54, 1.807) is 6.20 Å². The Balaban J connectivity index is 1.52. The van der Waals surface area contributed by atoms with Gasteiger partial charge in [-0.25, -0.2) is 14.5 Å². The molecule has 24 heavy (non-hydrogen) atoms. The zero-order valence-corrected chi connectivity index (χ0v) is 13.4. The molecule has 1 atom stereocenters. The van der Waals surface area contributed by atoms with Crippen molar-refractivity contribution < 1.29 is 0 Å². The van der Waals surface area contributed by atoms with E-state index < -0.39 is 0 Å². The van der Waals surface area contributed by atoms with Crippen molar-refractivity contribution in [2.24, 2.45) is 5.92 Å². The predicted molar refractivity (Wildman–Crippen MR) is 93.0 cm³/mol. The molecule has 0 amide bonds. The van der Waals surface area contributed by atoms with Crippen molar-refractivity contribution in [2.75, 3.05) is 5.32 Å². The summed E-state index contributed by atoms with van der Waals surface area (Å²) in [5.74, 6) is 1.46. The first kappa shape index (κ1) is 13.5. The molecule has 1 aliphatic carbocycles. The van der Waals surface area contributed by atoms with Crippen LogP contribution in [0.25, 0.3) is 22.3 Å². The minimum absolute atomic E-state index is 0.432. The van der Waals surface area contributed by atoms with E-state index >= 15 is 0 Å². The molecule has 0 saturated heterocycles. The molecular formula is C18H18N6. The Bertz CT molecular complexity index is 1030. The fourth-order valence-electron chi connectivity index (χ4n) is 3.21. The first-order valence-electron chi connectivity index (χ1n) is 8.32. The third-order valence-corrected chi connectivity index (χ3v) is 4.80. The molecule has 5 rings (SSSR count). The molecule has 120 valence electrons. The lowest BCUT2D eigenvalue weighted by Gasteiger charge is -2.12. The van der Waals surface area contributed by atoms with Crippen LogP contribution in [-0.2, 0) is 0 Å². The molecule has 1 N–H and O–H groups in total. The Morgan fingerprint density at radius 1 is 1.17 bits per heavy atom. The quantitative estimate of drug-likeness (QED) is 0.627. The number of anilines is 1. The van der Waals surface area contributed by atoms with Crippen molar-refractivity contribution in [1.82, 2.24) is 24.0 Å². The van der Waals surface area contributed by atoms with E-state index in [1.165, 1.54) is 12.8 Å². The lowest BCUT2D eigenvalue weighted by molar-refractivity contribution is 0.681. The predicted octanol–water partition coefficient (Wildman–Crippen LogP) is 3.25. The molecular weight excluding hydrogens is 300 g/mol. The van der Waals surface area contributed by atoms with Crippen LogP contribution in [0.15, 0.2) is 49.2 Å². The third-order valence-electron chi connectivity index (χ3n) is 4.80. The smallest absolute Gasteiger partial charge is 0.241 e. The van der Waals surface area contributed by atoms with Gasteiger partial charge in [-0.2, -0.15) is 0 Å². The lowest BCUT2D eigenvalue weighted by Crippen LogP contribution is -2.19. The highest BCUT2D eigenvalue weighted by Crippen LogP contribution is 2.33. The molecule has 0 radical (unpaired) electrons. The number of fused-ring (bicyclic) bond motifs is 2. The van der Waals surface area contributed by atoms with Crippen molar-refractivity contribution in [3.8, 4) is 11.1 Å². The van der Waals surface area contributed by atoms with E-state index in [0.717, 1.165) is 28.2 Å². The van der Waals surface area contributed by atoms with Gasteiger partial charge in [-0.15, -0.1) is 5.10 Å². The number of hydrogen-bond acceptors (Lipinski definition) is 4. The van der Waals surface area contributed by atoms with Gasteiger partial charge in [-0.3, -0.25) is 0 Å². The Morgan fingerprint density at radius 3 is 2.96 bits per heavy atom. The molecule has 6 heteroatoms. The molecule has 1 fully saturated rings. The maximum absolute atomic E-state index is 4.60. The van der Waals surface area contributed by atoms with E-state index in [4.69, 9.17) is 0 Å². The number of rotatable bonds is 4. The summed E-state index contributed by atoms with van der Waals surface area (Å²) in [4.78, 5) is 8.79. The van der Waals surface area contributed by atoms with Crippen molar-refractivity contribution >= 4 is 17.1 Å². The van der Waals surface area contributed by atoms with Gasteiger partial charge >= 0.3 is 0 Å². The van der Waals surface area contributed by atoms with Gasteiger partial charge in [-0.05, 0) is 43.9 Å². The largest absolute Gasteiger partial charge is 0.350 e. The van der Waals surface area contributed by atoms with Gasteiger partial charge in [0.05, 0.1) is 11.7 Å². The van der Waals surface area contributed by atoms with Gasteiger partial charge in [0, 0.05) is 42.0 Å². The summed E-state index contributed by atoms with van der Waals surface area (Å²) in [5.41, 5.74) is 4.18. The highest BCUT2D eigenvalue weighted by Gasteiger charge is 2.28. The molecule has 1 unspecified atom stereocenters. The maximum Gasteiger partial charge on any atom is 0.241 e. The van der Waals surface area contributed by atoms with Crippen LogP contribution in [0.4, 0.5) is 5.95 Å². The highest BCUT2D eigenvalue weighted by molar-refractivity contribution is 5.80. The molecule has 0 bridgehead atoms. The van der Waals surface area contributed by atoms with Crippen LogP contribution in [0.2, 0.25) is 0 Å². The summed E-state index contributed by atoms with van der Waals surface area (Å²) in [6.45, 7) is 2.20. The Hall–Kier alpha value is -2.89. The normalized spacial score (nSPS) is 15.9. The van der Waals surface area contributed by atoms with Crippen LogP contribution >= 0.6 is 0 Å². The number of imidazole rings is 1. The van der Waals surface area contributed by atoms with Crippen LogP contribution in [0, 0.1) is 5.92 Å². The summed E-state index contributed by atoms with van der Waals surface area (Å²) < 4.78 is 3.91. The average molecular weight is 318 g/mol. The van der Waals surface area contributed by atoms with Crippen molar-refractivity contribution in [2.45, 2.75) is 25.8 Å². The first-order chi connectivity index (χ1) is 11.8. The fraction of sp³-hybridized carbons (Fsp3) is 0.278. The number of aromatic nitrogens is 5. The second kappa shape index (κ2) is 5.06. The van der Waals surface area contributed by atoms with Gasteiger partial charge in [-0.1, -0.05) is 0 Å². The summed E-state index contributed by atoms with van der Waals surface area (Å²) in [6, 6.07) is 6.61. The number of hydrogen-bond donors (Lipinski definition) is 1. The zero-order chi connectivity index (χ0) is 16.1. The van der Waals surface area contributed by atoms with Gasteiger partial charge in [0.1, 0.15) is 5.65 Å². The minimum Gasteiger partial charge on any atom is -0.350 e. The molecule has 1 aliphatic rings. The molecule has 0 spiro atoms. The topological polar surface area (TPSA) is 59.5 Å². The monoisotopic (exact) mass is 318 g/mol. The standard InChI is InChI=1S/C18H18N6/c1-12(13-2-3-13)21-18-20-10-16-15(6-8-24(16)22-18)14-4-5-17-19-7-9-23(17)11-14/h4-13H,2-3H2,1H3,(H,21,22). The zero-order valence-electron chi connectivity index (χ0n) is 13.4. The van der Waals surface area contributed by atoms with Crippen LogP contribution in [0.1, 0.15) is 19.8 Å². The van der Waals surface area contributed by atoms with E-state index in [1.807, 2.05) is 33.6 Å². The SMILES string of the molecule is CC(Nc1ncc2c(-c3ccc4nccn4c3)ccn2n1)C1CC1. The minimum atomic E-state index is 0.432. The summed E-state index contributed by atoms with van der Waals surface area (Å²) in [7, 11) is 0. The molecule has 4 aromatic heterocycles. The molecule has 4 aromatic rings. The van der Waals surface area contributed by atoms with Crippen LogP contribution < -0.4 is 5.32 Å². The summed E-state index contributed by atoms with van der Waals surface area (Å²) >= 11 is 0.